The number of halogens is 4. The number of ether oxygens (including phenoxy) is 2. The molecule has 0 spiro atoms. The fourth-order valence-electron chi connectivity index (χ4n) is 5.34. The van der Waals surface area contributed by atoms with Crippen molar-refractivity contribution in [2.24, 2.45) is 20.5 Å². The van der Waals surface area contributed by atoms with Crippen molar-refractivity contribution in [3.8, 4) is 11.5 Å². The van der Waals surface area contributed by atoms with Crippen LogP contribution >= 0.6 is 46.4 Å². The number of benzene rings is 4. The number of nitrogens with one attached hydrogen (secondary N) is 3. The van der Waals surface area contributed by atoms with Crippen LogP contribution in [0.1, 0.15) is 12.8 Å². The van der Waals surface area contributed by atoms with Crippen LogP contribution in [0.4, 0.5) is 52.0 Å². The molecule has 0 aliphatic rings. The summed E-state index contributed by atoms with van der Waals surface area (Å²) in [5.41, 5.74) is -0.600. The van der Waals surface area contributed by atoms with Gasteiger partial charge >= 0.3 is 29.6 Å². The Balaban J connectivity index is 0.0000112. The number of anilines is 5. The Morgan fingerprint density at radius 2 is 0.931 bits per heavy atom. The van der Waals surface area contributed by atoms with Crippen LogP contribution in [-0.4, -0.2) is 117 Å². The minimum Gasteiger partial charge on any atom is -0.744 e. The molecule has 0 radical (unpaired) electrons. The van der Waals surface area contributed by atoms with E-state index in [-0.39, 0.29) is 139 Å². The standard InChI is InChI=1S/C35H34Cl4N10O17S5.Na/c36-21-5-3-19(13-31(21)70(59,60)61)46-48-25-17-29(65-8-1-10-67(50,51)52)27(15-23(25)38)41-34-43-33(40-7-12-69(56,57)58)44-35(45-34)42-28-16-24(39)26(18-30(28)66-9-2-11-68(53,54)55)49-47-20-4-6-22(37)32(14-20)71(62,63)64;/h3-6,13-18H,1-2,7-12H2,(H,50,51,52)(H,53,54,55)(H,56,57,58)(H,59,60,61)(H,62,63,64)(H3,40,41,42,43,44,45);/q;+1/p-1. The van der Waals surface area contributed by atoms with Gasteiger partial charge < -0.3 is 30.0 Å². The zero-order chi connectivity index (χ0) is 52.5. The molecule has 1 heterocycles. The Kier molecular flexibility index (Phi) is 21.3. The number of nitrogens with zero attached hydrogens (tertiary/aromatic N) is 7. The molecule has 4 aromatic carbocycles. The zero-order valence-corrected chi connectivity index (χ0v) is 45.3. The van der Waals surface area contributed by atoms with E-state index in [1.54, 1.807) is 0 Å². The van der Waals surface area contributed by atoms with Gasteiger partial charge in [0.05, 0.1) is 78.2 Å². The summed E-state index contributed by atoms with van der Waals surface area (Å²) in [7, 11) is -23.1. The van der Waals surface area contributed by atoms with Crippen molar-refractivity contribution in [2.75, 3.05) is 53.0 Å². The second-order valence-corrected chi connectivity index (χ2v) is 23.0. The van der Waals surface area contributed by atoms with Crippen molar-refractivity contribution >= 4 is 149 Å². The van der Waals surface area contributed by atoms with Gasteiger partial charge in [-0.05, 0) is 61.4 Å². The van der Waals surface area contributed by atoms with Gasteiger partial charge in [0, 0.05) is 18.7 Å². The minimum atomic E-state index is -5.01. The monoisotopic (exact) mass is 1190 g/mol. The molecular formula is C35H33Cl4N10NaO17S5. The third kappa shape index (κ3) is 19.6. The van der Waals surface area contributed by atoms with E-state index in [9.17, 15) is 64.9 Å². The molecule has 0 saturated heterocycles. The van der Waals surface area contributed by atoms with E-state index in [4.69, 9.17) is 55.9 Å². The fourth-order valence-corrected chi connectivity index (χ4v) is 9.04. The van der Waals surface area contributed by atoms with Crippen molar-refractivity contribution in [1.82, 2.24) is 15.0 Å². The molecule has 0 unspecified atom stereocenters. The zero-order valence-electron chi connectivity index (χ0n) is 36.2. The molecular weight excluding hydrogens is 1160 g/mol. The smallest absolute Gasteiger partial charge is 0.744 e. The summed E-state index contributed by atoms with van der Waals surface area (Å²) in [6.45, 7) is -1.16. The summed E-state index contributed by atoms with van der Waals surface area (Å²) in [4.78, 5) is 11.3. The molecule has 72 heavy (non-hydrogen) atoms. The summed E-state index contributed by atoms with van der Waals surface area (Å²) in [5.74, 6) is -3.58. The molecule has 384 valence electrons. The summed E-state index contributed by atoms with van der Waals surface area (Å²) < 4.78 is 176. The predicted molar refractivity (Wildman–Crippen MR) is 256 cm³/mol. The van der Waals surface area contributed by atoms with Gasteiger partial charge in [0.2, 0.25) is 17.8 Å². The van der Waals surface area contributed by atoms with Crippen LogP contribution in [0, 0.1) is 0 Å². The second-order valence-electron chi connectivity index (χ2n) is 13.9. The van der Waals surface area contributed by atoms with E-state index in [2.05, 4.69) is 51.4 Å². The summed E-state index contributed by atoms with van der Waals surface area (Å²) in [6, 6.07) is 11.4. The van der Waals surface area contributed by atoms with Gasteiger partial charge in [-0.3, -0.25) is 18.2 Å². The average molecular weight is 1190 g/mol. The Morgan fingerprint density at radius 1 is 0.528 bits per heavy atom. The predicted octanol–water partition coefficient (Wildman–Crippen LogP) is 4.57. The molecule has 0 atom stereocenters. The quantitative estimate of drug-likeness (QED) is 0.0192. The molecule has 37 heteroatoms. The fraction of sp³-hybridized carbons (Fsp3) is 0.229. The Labute approximate surface area is 452 Å². The van der Waals surface area contributed by atoms with Crippen LogP contribution in [0.15, 0.2) is 90.9 Å². The van der Waals surface area contributed by atoms with Crippen molar-refractivity contribution in [3.05, 3.63) is 80.8 Å². The first-order valence-corrected chi connectivity index (χ1v) is 28.3. The van der Waals surface area contributed by atoms with Crippen molar-refractivity contribution in [1.29, 1.82) is 0 Å². The number of aromatic nitrogens is 3. The molecule has 27 nitrogen and oxygen atoms in total. The van der Waals surface area contributed by atoms with Gasteiger partial charge in [-0.2, -0.15) is 58.9 Å². The number of hydrogen-bond donors (Lipinski definition) is 7. The van der Waals surface area contributed by atoms with Crippen LogP contribution in [0.3, 0.4) is 0 Å². The van der Waals surface area contributed by atoms with Crippen LogP contribution in [0.25, 0.3) is 0 Å². The molecule has 0 aliphatic heterocycles. The maximum atomic E-state index is 11.8. The van der Waals surface area contributed by atoms with Crippen molar-refractivity contribution in [2.45, 2.75) is 22.6 Å². The molecule has 0 fully saturated rings. The summed E-state index contributed by atoms with van der Waals surface area (Å²) in [6.07, 6.45) is -0.477. The Morgan fingerprint density at radius 3 is 1.33 bits per heavy atom. The third-order valence-electron chi connectivity index (χ3n) is 8.40. The minimum absolute atomic E-state index is 0. The normalized spacial score (nSPS) is 12.5. The average Bonchev–Trinajstić information content (AvgIpc) is 3.23. The molecule has 0 amide bonds. The molecule has 1 aromatic heterocycles. The first-order valence-electron chi connectivity index (χ1n) is 19.1. The number of hydrogen-bond acceptors (Lipinski definition) is 23. The third-order valence-corrected chi connectivity index (χ3v) is 14.0. The van der Waals surface area contributed by atoms with E-state index < -0.39 is 84.2 Å². The van der Waals surface area contributed by atoms with Gasteiger partial charge in [0.1, 0.15) is 37.9 Å². The van der Waals surface area contributed by atoms with E-state index in [1.807, 2.05) is 0 Å². The first kappa shape index (κ1) is 60.4. The molecule has 5 rings (SSSR count). The Hall–Kier alpha value is -4.20. The second kappa shape index (κ2) is 25.4. The van der Waals surface area contributed by atoms with Crippen molar-refractivity contribution < 1.29 is 104 Å². The maximum Gasteiger partial charge on any atom is 1.00 e. The van der Waals surface area contributed by atoms with Crippen LogP contribution in [0.2, 0.25) is 20.1 Å². The van der Waals surface area contributed by atoms with Gasteiger partial charge in [-0.15, -0.1) is 10.2 Å². The van der Waals surface area contributed by atoms with Crippen molar-refractivity contribution in [3.63, 3.8) is 0 Å². The Bertz CT molecular complexity index is 3270. The van der Waals surface area contributed by atoms with E-state index in [1.165, 1.54) is 36.4 Å². The van der Waals surface area contributed by atoms with Crippen LogP contribution in [0.5, 0.6) is 11.5 Å². The van der Waals surface area contributed by atoms with E-state index >= 15 is 0 Å². The topological polar surface area (TPSA) is 417 Å². The summed E-state index contributed by atoms with van der Waals surface area (Å²) >= 11 is 24.9. The largest absolute Gasteiger partial charge is 1.00 e. The number of rotatable bonds is 24. The maximum absolute atomic E-state index is 11.8. The molecule has 0 bridgehead atoms. The van der Waals surface area contributed by atoms with Gasteiger partial charge in [-0.1, -0.05) is 46.4 Å². The first-order chi connectivity index (χ1) is 32.9. The molecule has 0 saturated carbocycles. The van der Waals surface area contributed by atoms with E-state index in [0.29, 0.717) is 0 Å². The molecule has 7 N–H and O–H groups in total. The van der Waals surface area contributed by atoms with Crippen LogP contribution < -0.4 is 55.0 Å². The molecule has 0 aliphatic carbocycles. The van der Waals surface area contributed by atoms with E-state index in [0.717, 1.165) is 24.3 Å². The van der Waals surface area contributed by atoms with Gasteiger partial charge in [0.15, 0.2) is 0 Å². The van der Waals surface area contributed by atoms with Gasteiger partial charge in [-0.25, -0.2) is 8.42 Å². The number of azo groups is 2. The van der Waals surface area contributed by atoms with Gasteiger partial charge in [0.25, 0.3) is 40.5 Å². The SMILES string of the molecule is O=S(=O)(O)CCCOc1cc(N=Nc2ccc(Cl)c(S(=O)(=O)[O-])c2)c(Cl)cc1Nc1nc(NCCS(=O)(=O)O)nc(Nc2cc(Cl)c(N=Nc3ccc(Cl)c(S(=O)(=O)O)c3)cc2OCCCS(=O)(=O)O)n1.[Na+]. The molecule has 5 aromatic rings. The summed E-state index contributed by atoms with van der Waals surface area (Å²) in [5, 5.41) is 23.1. The van der Waals surface area contributed by atoms with Crippen LogP contribution in [-0.2, 0) is 50.6 Å².